The number of carbonyl (C=O) groups is 3. The molecule has 3 rings (SSSR count). The number of piperidine rings is 1. The third-order valence-corrected chi connectivity index (χ3v) is 5.52. The summed E-state index contributed by atoms with van der Waals surface area (Å²) in [6.45, 7) is 7.30. The van der Waals surface area contributed by atoms with Gasteiger partial charge in [-0.05, 0) is 30.5 Å². The van der Waals surface area contributed by atoms with Gasteiger partial charge in [-0.3, -0.25) is 14.4 Å². The van der Waals surface area contributed by atoms with E-state index >= 15 is 0 Å². The summed E-state index contributed by atoms with van der Waals surface area (Å²) in [7, 11) is 0. The highest BCUT2D eigenvalue weighted by atomic mass is 16.2. The van der Waals surface area contributed by atoms with Crippen LogP contribution in [0.3, 0.4) is 0 Å². The number of hydrogen-bond donors (Lipinski definition) is 2. The fraction of sp³-hybridized carbons (Fsp3) is 0.400. The van der Waals surface area contributed by atoms with Gasteiger partial charge < -0.3 is 15.5 Å². The van der Waals surface area contributed by atoms with Crippen molar-refractivity contribution in [2.24, 2.45) is 11.3 Å². The minimum Gasteiger partial charge on any atom is -0.348 e. The Morgan fingerprint density at radius 3 is 2.19 bits per heavy atom. The molecule has 31 heavy (non-hydrogen) atoms. The van der Waals surface area contributed by atoms with Crippen LogP contribution in [0.4, 0.5) is 5.69 Å². The van der Waals surface area contributed by atoms with E-state index in [0.717, 1.165) is 5.56 Å². The van der Waals surface area contributed by atoms with Crippen molar-refractivity contribution in [3.8, 4) is 0 Å². The Kier molecular flexibility index (Phi) is 7.10. The van der Waals surface area contributed by atoms with Crippen molar-refractivity contribution in [2.75, 3.05) is 18.4 Å². The Morgan fingerprint density at radius 2 is 1.55 bits per heavy atom. The van der Waals surface area contributed by atoms with Gasteiger partial charge in [0.15, 0.2) is 0 Å². The van der Waals surface area contributed by atoms with E-state index in [1.807, 2.05) is 56.0 Å². The first kappa shape index (κ1) is 22.5. The molecule has 6 heteroatoms. The number of benzene rings is 2. The van der Waals surface area contributed by atoms with Gasteiger partial charge in [-0.25, -0.2) is 0 Å². The van der Waals surface area contributed by atoms with E-state index in [-0.39, 0.29) is 23.6 Å². The van der Waals surface area contributed by atoms with Crippen LogP contribution in [-0.2, 0) is 16.1 Å². The smallest absolute Gasteiger partial charge is 0.253 e. The second kappa shape index (κ2) is 9.77. The Labute approximate surface area is 184 Å². The number of nitrogens with one attached hydrogen (secondary N) is 2. The SMILES string of the molecule is CC(C)(C)C(=O)N1CCC(C(=O)Nc2ccccc2C(=O)NCc2ccccc2)CC1. The molecule has 2 N–H and O–H groups in total. The van der Waals surface area contributed by atoms with Crippen LogP contribution < -0.4 is 10.6 Å². The maximum absolute atomic E-state index is 12.8. The lowest BCUT2D eigenvalue weighted by Crippen LogP contribution is -2.45. The van der Waals surface area contributed by atoms with Gasteiger partial charge in [0.25, 0.3) is 5.91 Å². The van der Waals surface area contributed by atoms with Gasteiger partial charge in [-0.1, -0.05) is 63.2 Å². The molecular formula is C25H31N3O3. The highest BCUT2D eigenvalue weighted by Gasteiger charge is 2.32. The predicted octanol–water partition coefficient (Wildman–Crippen LogP) is 3.84. The van der Waals surface area contributed by atoms with Gasteiger partial charge >= 0.3 is 0 Å². The number of carbonyl (C=O) groups excluding carboxylic acids is 3. The lowest BCUT2D eigenvalue weighted by molar-refractivity contribution is -0.142. The molecule has 2 aromatic carbocycles. The van der Waals surface area contributed by atoms with E-state index in [0.29, 0.717) is 43.7 Å². The predicted molar refractivity (Wildman–Crippen MR) is 121 cm³/mol. The highest BCUT2D eigenvalue weighted by molar-refractivity contribution is 6.04. The Hall–Kier alpha value is -3.15. The molecule has 1 saturated heterocycles. The number of hydrogen-bond acceptors (Lipinski definition) is 3. The van der Waals surface area contributed by atoms with E-state index in [9.17, 15) is 14.4 Å². The molecule has 0 aliphatic carbocycles. The van der Waals surface area contributed by atoms with E-state index in [1.54, 1.807) is 24.3 Å². The maximum Gasteiger partial charge on any atom is 0.253 e. The molecule has 1 heterocycles. The van der Waals surface area contributed by atoms with Crippen LogP contribution in [-0.4, -0.2) is 35.7 Å². The fourth-order valence-corrected chi connectivity index (χ4v) is 3.72. The largest absolute Gasteiger partial charge is 0.348 e. The topological polar surface area (TPSA) is 78.5 Å². The molecule has 0 saturated carbocycles. The Bertz CT molecular complexity index is 927. The number of rotatable bonds is 5. The number of anilines is 1. The van der Waals surface area contributed by atoms with E-state index < -0.39 is 5.41 Å². The fourth-order valence-electron chi connectivity index (χ4n) is 3.72. The van der Waals surface area contributed by atoms with Gasteiger partial charge in [0, 0.05) is 31.0 Å². The molecule has 0 bridgehead atoms. The van der Waals surface area contributed by atoms with Crippen LogP contribution in [0.2, 0.25) is 0 Å². The zero-order valence-electron chi connectivity index (χ0n) is 18.5. The van der Waals surface area contributed by atoms with Crippen LogP contribution >= 0.6 is 0 Å². The van der Waals surface area contributed by atoms with Crippen molar-refractivity contribution in [1.82, 2.24) is 10.2 Å². The summed E-state index contributed by atoms with van der Waals surface area (Å²) in [4.78, 5) is 39.8. The lowest BCUT2D eigenvalue weighted by Gasteiger charge is -2.35. The zero-order valence-corrected chi connectivity index (χ0v) is 18.5. The van der Waals surface area contributed by atoms with Gasteiger partial charge in [-0.2, -0.15) is 0 Å². The summed E-state index contributed by atoms with van der Waals surface area (Å²) in [6, 6.07) is 16.7. The van der Waals surface area contributed by atoms with Crippen molar-refractivity contribution in [1.29, 1.82) is 0 Å². The summed E-state index contributed by atoms with van der Waals surface area (Å²) in [5, 5.41) is 5.84. The molecule has 0 unspecified atom stereocenters. The number of para-hydroxylation sites is 1. The second-order valence-corrected chi connectivity index (χ2v) is 9.02. The molecule has 0 aromatic heterocycles. The van der Waals surface area contributed by atoms with Gasteiger partial charge in [0.1, 0.15) is 0 Å². The number of nitrogens with zero attached hydrogens (tertiary/aromatic N) is 1. The van der Waals surface area contributed by atoms with Gasteiger partial charge in [0.2, 0.25) is 11.8 Å². The minimum absolute atomic E-state index is 0.105. The molecule has 2 aromatic rings. The second-order valence-electron chi connectivity index (χ2n) is 9.02. The molecule has 1 fully saturated rings. The van der Waals surface area contributed by atoms with E-state index in [2.05, 4.69) is 10.6 Å². The van der Waals surface area contributed by atoms with E-state index in [1.165, 1.54) is 0 Å². The summed E-state index contributed by atoms with van der Waals surface area (Å²) < 4.78 is 0. The summed E-state index contributed by atoms with van der Waals surface area (Å²) in [5.74, 6) is -0.396. The molecule has 6 nitrogen and oxygen atoms in total. The van der Waals surface area contributed by atoms with Crippen LogP contribution in [0.5, 0.6) is 0 Å². The molecule has 3 amide bonds. The first-order valence-corrected chi connectivity index (χ1v) is 10.8. The standard InChI is InChI=1S/C25H31N3O3/c1-25(2,3)24(31)28-15-13-19(14-16-28)22(29)27-21-12-8-7-11-20(21)23(30)26-17-18-9-5-4-6-10-18/h4-12,19H,13-17H2,1-3H3,(H,26,30)(H,27,29). The van der Waals surface area contributed by atoms with Crippen LogP contribution in [0, 0.1) is 11.3 Å². The van der Waals surface area contributed by atoms with E-state index in [4.69, 9.17) is 0 Å². The van der Waals surface area contributed by atoms with Crippen molar-refractivity contribution in [3.05, 3.63) is 65.7 Å². The maximum atomic E-state index is 12.8. The highest BCUT2D eigenvalue weighted by Crippen LogP contribution is 2.25. The van der Waals surface area contributed by atoms with Crippen molar-refractivity contribution in [3.63, 3.8) is 0 Å². The summed E-state index contributed by atoms with van der Waals surface area (Å²) >= 11 is 0. The Morgan fingerprint density at radius 1 is 0.935 bits per heavy atom. The van der Waals surface area contributed by atoms with Crippen LogP contribution in [0.15, 0.2) is 54.6 Å². The average Bonchev–Trinajstić information content (AvgIpc) is 2.77. The molecule has 0 spiro atoms. The molecule has 164 valence electrons. The lowest BCUT2D eigenvalue weighted by atomic mass is 9.90. The van der Waals surface area contributed by atoms with Crippen molar-refractivity contribution < 1.29 is 14.4 Å². The van der Waals surface area contributed by atoms with Crippen LogP contribution in [0.25, 0.3) is 0 Å². The average molecular weight is 422 g/mol. The summed E-state index contributed by atoms with van der Waals surface area (Å²) in [6.07, 6.45) is 1.24. The first-order valence-electron chi connectivity index (χ1n) is 10.8. The van der Waals surface area contributed by atoms with Gasteiger partial charge in [-0.15, -0.1) is 0 Å². The van der Waals surface area contributed by atoms with Crippen LogP contribution in [0.1, 0.15) is 49.5 Å². The molecule has 0 atom stereocenters. The quantitative estimate of drug-likeness (QED) is 0.770. The number of amides is 3. The third kappa shape index (κ3) is 5.94. The normalized spacial score (nSPS) is 14.7. The molecule has 0 radical (unpaired) electrons. The first-order chi connectivity index (χ1) is 14.8. The van der Waals surface area contributed by atoms with Crippen molar-refractivity contribution >= 4 is 23.4 Å². The van der Waals surface area contributed by atoms with Gasteiger partial charge in [0.05, 0.1) is 11.3 Å². The molecule has 1 aliphatic rings. The zero-order chi connectivity index (χ0) is 22.4. The monoisotopic (exact) mass is 421 g/mol. The Balaban J connectivity index is 1.58. The molecule has 1 aliphatic heterocycles. The minimum atomic E-state index is -0.416. The summed E-state index contributed by atoms with van der Waals surface area (Å²) in [5.41, 5.74) is 1.54. The van der Waals surface area contributed by atoms with Crippen molar-refractivity contribution in [2.45, 2.75) is 40.2 Å². The third-order valence-electron chi connectivity index (χ3n) is 5.52. The number of likely N-dealkylation sites (tertiary alicyclic amines) is 1. The molecular weight excluding hydrogens is 390 g/mol.